The second kappa shape index (κ2) is 5.09. The molecule has 1 heterocycles. The number of imidazole rings is 1. The van der Waals surface area contributed by atoms with Crippen molar-refractivity contribution in [3.63, 3.8) is 0 Å². The summed E-state index contributed by atoms with van der Waals surface area (Å²) >= 11 is 0. The van der Waals surface area contributed by atoms with Crippen LogP contribution in [0.4, 0.5) is 4.39 Å². The Kier molecular flexibility index (Phi) is 3.50. The van der Waals surface area contributed by atoms with Gasteiger partial charge in [-0.15, -0.1) is 0 Å². The zero-order valence-corrected chi connectivity index (χ0v) is 10.6. The van der Waals surface area contributed by atoms with Gasteiger partial charge >= 0.3 is 5.97 Å². The molecule has 1 aromatic heterocycles. The summed E-state index contributed by atoms with van der Waals surface area (Å²) in [6.07, 6.45) is 1.46. The summed E-state index contributed by atoms with van der Waals surface area (Å²) in [4.78, 5) is 14.8. The number of aryl methyl sites for hydroxylation is 1. The van der Waals surface area contributed by atoms with Gasteiger partial charge in [-0.2, -0.15) is 0 Å². The molecular formula is C13H13FN2O3. The zero-order chi connectivity index (χ0) is 14.0. The van der Waals surface area contributed by atoms with Crippen LogP contribution in [-0.4, -0.2) is 27.7 Å². The van der Waals surface area contributed by atoms with Gasteiger partial charge in [0.2, 0.25) is 0 Å². The van der Waals surface area contributed by atoms with Crippen molar-refractivity contribution in [2.75, 3.05) is 7.11 Å². The molecule has 1 N–H and O–H groups in total. The lowest BCUT2D eigenvalue weighted by molar-refractivity contribution is -0.136. The molecule has 0 aliphatic carbocycles. The van der Waals surface area contributed by atoms with E-state index in [-0.39, 0.29) is 12.2 Å². The van der Waals surface area contributed by atoms with Gasteiger partial charge in [0.15, 0.2) is 11.6 Å². The Labute approximate surface area is 109 Å². The zero-order valence-electron chi connectivity index (χ0n) is 10.6. The van der Waals surface area contributed by atoms with Crippen LogP contribution in [0, 0.1) is 5.82 Å². The molecule has 2 aromatic rings. The van der Waals surface area contributed by atoms with Gasteiger partial charge in [0.25, 0.3) is 0 Å². The van der Waals surface area contributed by atoms with Crippen molar-refractivity contribution in [1.29, 1.82) is 0 Å². The highest BCUT2D eigenvalue weighted by Crippen LogP contribution is 2.24. The lowest BCUT2D eigenvalue weighted by Gasteiger charge is -2.05. The fourth-order valence-corrected chi connectivity index (χ4v) is 1.84. The average molecular weight is 264 g/mol. The van der Waals surface area contributed by atoms with E-state index in [1.165, 1.54) is 19.2 Å². The predicted octanol–water partition coefficient (Wildman–Crippen LogP) is 1.86. The van der Waals surface area contributed by atoms with E-state index in [2.05, 4.69) is 4.98 Å². The van der Waals surface area contributed by atoms with Crippen molar-refractivity contribution < 1.29 is 19.0 Å². The van der Waals surface area contributed by atoms with Crippen LogP contribution in [0.5, 0.6) is 5.75 Å². The molecule has 6 heteroatoms. The maximum Gasteiger partial charge on any atom is 0.309 e. The number of carboxylic acid groups (broad SMARTS) is 1. The second-order valence-electron chi connectivity index (χ2n) is 4.09. The Morgan fingerprint density at radius 3 is 2.84 bits per heavy atom. The number of rotatable bonds is 4. The van der Waals surface area contributed by atoms with Crippen molar-refractivity contribution in [2.45, 2.75) is 6.42 Å². The Morgan fingerprint density at radius 2 is 2.26 bits per heavy atom. The third-order valence-corrected chi connectivity index (χ3v) is 2.67. The van der Waals surface area contributed by atoms with E-state index < -0.39 is 11.8 Å². The van der Waals surface area contributed by atoms with Crippen LogP contribution in [0.25, 0.3) is 11.4 Å². The van der Waals surface area contributed by atoms with E-state index in [1.807, 2.05) is 0 Å². The number of aliphatic carboxylic acids is 1. The first-order valence-electron chi connectivity index (χ1n) is 5.59. The first-order chi connectivity index (χ1) is 9.01. The number of nitrogens with zero attached hydrogens (tertiary/aromatic N) is 2. The SMILES string of the molecule is COc1ccc(-c2nc(CC(=O)O)cn2C)cc1F. The molecule has 0 bridgehead atoms. The number of hydrogen-bond donors (Lipinski definition) is 1. The molecule has 0 saturated carbocycles. The number of carboxylic acids is 1. The number of methoxy groups -OCH3 is 1. The van der Waals surface area contributed by atoms with Gasteiger partial charge in [0.05, 0.1) is 19.2 Å². The highest BCUT2D eigenvalue weighted by atomic mass is 19.1. The molecule has 0 fully saturated rings. The van der Waals surface area contributed by atoms with E-state index in [9.17, 15) is 9.18 Å². The molecule has 0 atom stereocenters. The van der Waals surface area contributed by atoms with Crippen molar-refractivity contribution in [3.05, 3.63) is 35.9 Å². The molecule has 5 nitrogen and oxygen atoms in total. The van der Waals surface area contributed by atoms with Crippen LogP contribution in [0.3, 0.4) is 0 Å². The van der Waals surface area contributed by atoms with Gasteiger partial charge in [-0.3, -0.25) is 4.79 Å². The van der Waals surface area contributed by atoms with Gasteiger partial charge < -0.3 is 14.4 Å². The maximum atomic E-state index is 13.6. The summed E-state index contributed by atoms with van der Waals surface area (Å²) in [5.74, 6) is -0.769. The topological polar surface area (TPSA) is 64.3 Å². The average Bonchev–Trinajstić information content (AvgIpc) is 2.69. The molecule has 0 aliphatic rings. The highest BCUT2D eigenvalue weighted by Gasteiger charge is 2.12. The number of carbonyl (C=O) groups is 1. The summed E-state index contributed by atoms with van der Waals surface area (Å²) in [7, 11) is 3.12. The van der Waals surface area contributed by atoms with E-state index in [0.29, 0.717) is 17.1 Å². The number of halogens is 1. The quantitative estimate of drug-likeness (QED) is 0.915. The van der Waals surface area contributed by atoms with Gasteiger partial charge in [0, 0.05) is 18.8 Å². The van der Waals surface area contributed by atoms with Crippen LogP contribution >= 0.6 is 0 Å². The van der Waals surface area contributed by atoms with Crippen LogP contribution < -0.4 is 4.74 Å². The summed E-state index contributed by atoms with van der Waals surface area (Å²) < 4.78 is 20.1. The van der Waals surface area contributed by atoms with Crippen molar-refractivity contribution in [3.8, 4) is 17.1 Å². The Bertz CT molecular complexity index is 622. The fourth-order valence-electron chi connectivity index (χ4n) is 1.84. The van der Waals surface area contributed by atoms with Crippen LogP contribution in [-0.2, 0) is 18.3 Å². The molecule has 0 radical (unpaired) electrons. The van der Waals surface area contributed by atoms with Crippen molar-refractivity contribution >= 4 is 5.97 Å². The molecule has 0 unspecified atom stereocenters. The minimum atomic E-state index is -0.953. The molecule has 0 spiro atoms. The van der Waals surface area contributed by atoms with Gasteiger partial charge in [-0.25, -0.2) is 9.37 Å². The smallest absolute Gasteiger partial charge is 0.309 e. The molecule has 19 heavy (non-hydrogen) atoms. The summed E-state index contributed by atoms with van der Waals surface area (Å²) in [5, 5.41) is 8.72. The van der Waals surface area contributed by atoms with E-state index in [4.69, 9.17) is 9.84 Å². The Hall–Kier alpha value is -2.37. The largest absolute Gasteiger partial charge is 0.494 e. The third kappa shape index (κ3) is 2.73. The maximum absolute atomic E-state index is 13.6. The monoisotopic (exact) mass is 264 g/mol. The first kappa shape index (κ1) is 13.1. The molecule has 0 aliphatic heterocycles. The van der Waals surface area contributed by atoms with Crippen LogP contribution in [0.15, 0.2) is 24.4 Å². The molecule has 100 valence electrons. The van der Waals surface area contributed by atoms with Crippen LogP contribution in [0.1, 0.15) is 5.69 Å². The van der Waals surface area contributed by atoms with E-state index >= 15 is 0 Å². The molecule has 0 saturated heterocycles. The Balaban J connectivity index is 2.38. The molecule has 2 rings (SSSR count). The molecular weight excluding hydrogens is 251 g/mol. The minimum absolute atomic E-state index is 0.156. The summed E-state index contributed by atoms with van der Waals surface area (Å²) in [6.45, 7) is 0. The van der Waals surface area contributed by atoms with E-state index in [0.717, 1.165) is 0 Å². The van der Waals surface area contributed by atoms with Gasteiger partial charge in [-0.05, 0) is 18.2 Å². The van der Waals surface area contributed by atoms with Gasteiger partial charge in [-0.1, -0.05) is 0 Å². The highest BCUT2D eigenvalue weighted by molar-refractivity contribution is 5.70. The number of ether oxygens (including phenoxy) is 1. The summed E-state index contributed by atoms with van der Waals surface area (Å²) in [5.41, 5.74) is 0.999. The molecule has 1 aromatic carbocycles. The second-order valence-corrected chi connectivity index (χ2v) is 4.09. The Morgan fingerprint density at radius 1 is 1.53 bits per heavy atom. The minimum Gasteiger partial charge on any atom is -0.494 e. The lowest BCUT2D eigenvalue weighted by atomic mass is 10.2. The fraction of sp³-hybridized carbons (Fsp3) is 0.231. The molecule has 0 amide bonds. The number of hydrogen-bond acceptors (Lipinski definition) is 3. The lowest BCUT2D eigenvalue weighted by Crippen LogP contribution is -1.99. The predicted molar refractivity (Wildman–Crippen MR) is 66.5 cm³/mol. The standard InChI is InChI=1S/C13H13FN2O3/c1-16-7-9(6-12(17)18)15-13(16)8-3-4-11(19-2)10(14)5-8/h3-5,7H,6H2,1-2H3,(H,17,18). The third-order valence-electron chi connectivity index (χ3n) is 2.67. The first-order valence-corrected chi connectivity index (χ1v) is 5.59. The van der Waals surface area contributed by atoms with Crippen molar-refractivity contribution in [1.82, 2.24) is 9.55 Å². The number of benzene rings is 1. The number of aromatic nitrogens is 2. The van der Waals surface area contributed by atoms with Gasteiger partial charge in [0.1, 0.15) is 5.82 Å². The normalized spacial score (nSPS) is 10.5. The summed E-state index contributed by atoms with van der Waals surface area (Å²) in [6, 6.07) is 4.50. The van der Waals surface area contributed by atoms with Crippen molar-refractivity contribution in [2.24, 2.45) is 7.05 Å². The van der Waals surface area contributed by atoms with E-state index in [1.54, 1.807) is 23.9 Å². The van der Waals surface area contributed by atoms with Crippen LogP contribution in [0.2, 0.25) is 0 Å².